The highest BCUT2D eigenvalue weighted by Gasteiger charge is 2.20. The molecule has 4 heteroatoms. The average Bonchev–Trinajstić information content (AvgIpc) is 3.69. The highest BCUT2D eigenvalue weighted by atomic mass is 16.3. The summed E-state index contributed by atoms with van der Waals surface area (Å²) < 4.78 is 12.6. The number of furan rings is 2. The predicted octanol–water partition coefficient (Wildman–Crippen LogP) is 11.7. The van der Waals surface area contributed by atoms with Gasteiger partial charge < -0.3 is 13.7 Å². The van der Waals surface area contributed by atoms with E-state index in [2.05, 4.69) is 125 Å². The van der Waals surface area contributed by atoms with Crippen LogP contribution in [0.1, 0.15) is 0 Å². The van der Waals surface area contributed by atoms with Crippen LogP contribution in [0.15, 0.2) is 167 Å². The quantitative estimate of drug-likeness (QED) is 0.204. The number of hydrogen-bond acceptors (Lipinski definition) is 4. The second-order valence-corrected chi connectivity index (χ2v) is 11.2. The van der Waals surface area contributed by atoms with Crippen LogP contribution in [-0.2, 0) is 0 Å². The minimum atomic E-state index is 0.653. The zero-order valence-electron chi connectivity index (χ0n) is 24.2. The van der Waals surface area contributed by atoms with Crippen LogP contribution in [0.3, 0.4) is 0 Å². The van der Waals surface area contributed by atoms with Crippen molar-refractivity contribution >= 4 is 61.1 Å². The second-order valence-electron chi connectivity index (χ2n) is 11.2. The fourth-order valence-electron chi connectivity index (χ4n) is 6.46. The summed E-state index contributed by atoms with van der Waals surface area (Å²) in [5, 5.41) is 4.30. The maximum atomic E-state index is 6.52. The third-order valence-corrected chi connectivity index (χ3v) is 8.57. The van der Waals surface area contributed by atoms with Crippen molar-refractivity contribution in [1.29, 1.82) is 0 Å². The fourth-order valence-corrected chi connectivity index (χ4v) is 6.46. The lowest BCUT2D eigenvalue weighted by atomic mass is 9.99. The maximum absolute atomic E-state index is 6.52. The highest BCUT2D eigenvalue weighted by Crippen LogP contribution is 2.43. The van der Waals surface area contributed by atoms with Gasteiger partial charge in [-0.3, -0.25) is 0 Å². The Kier molecular flexibility index (Phi) is 5.78. The third kappa shape index (κ3) is 4.19. The van der Waals surface area contributed by atoms with Crippen LogP contribution >= 0.6 is 0 Å². The van der Waals surface area contributed by atoms with E-state index >= 15 is 0 Å². The van der Waals surface area contributed by atoms with Gasteiger partial charge in [-0.2, -0.15) is 0 Å². The van der Waals surface area contributed by atoms with Crippen molar-refractivity contribution in [3.63, 3.8) is 0 Å². The van der Waals surface area contributed by atoms with Crippen molar-refractivity contribution in [3.05, 3.63) is 158 Å². The molecular weight excluding hydrogens is 552 g/mol. The largest absolute Gasteiger partial charge is 0.454 e. The van der Waals surface area contributed by atoms with Gasteiger partial charge in [0, 0.05) is 39.1 Å². The smallest absolute Gasteiger partial charge is 0.227 e. The summed E-state index contributed by atoms with van der Waals surface area (Å²) in [5.41, 5.74) is 10.9. The zero-order chi connectivity index (χ0) is 29.7. The van der Waals surface area contributed by atoms with E-state index in [4.69, 9.17) is 8.83 Å². The number of nitrogens with zero attached hydrogens (tertiary/aromatic N) is 2. The van der Waals surface area contributed by atoms with Crippen molar-refractivity contribution in [3.8, 4) is 22.3 Å². The lowest BCUT2D eigenvalue weighted by molar-refractivity contribution is 0.654. The molecular formula is C41H26N2O2. The first-order valence-electron chi connectivity index (χ1n) is 15.0. The molecule has 0 saturated heterocycles. The van der Waals surface area contributed by atoms with E-state index in [0.717, 1.165) is 66.5 Å². The van der Waals surface area contributed by atoms with Gasteiger partial charge in [-0.15, -0.1) is 0 Å². The average molecular weight is 579 g/mol. The molecule has 0 radical (unpaired) electrons. The monoisotopic (exact) mass is 578 g/mol. The van der Waals surface area contributed by atoms with Crippen LogP contribution in [0.2, 0.25) is 0 Å². The summed E-state index contributed by atoms with van der Waals surface area (Å²) in [7, 11) is 0. The molecule has 0 amide bonds. The maximum Gasteiger partial charge on any atom is 0.227 e. The Morgan fingerprint density at radius 3 is 1.91 bits per heavy atom. The van der Waals surface area contributed by atoms with Gasteiger partial charge in [0.2, 0.25) is 5.71 Å². The van der Waals surface area contributed by atoms with Crippen LogP contribution < -0.4 is 4.90 Å². The zero-order valence-corrected chi connectivity index (χ0v) is 24.2. The molecule has 9 rings (SSSR count). The van der Waals surface area contributed by atoms with Crippen LogP contribution in [0.4, 0.5) is 17.1 Å². The normalized spacial score (nSPS) is 11.6. The molecule has 4 nitrogen and oxygen atoms in total. The number of rotatable bonds is 5. The number of benzene rings is 6. The lowest BCUT2D eigenvalue weighted by Gasteiger charge is -2.26. The van der Waals surface area contributed by atoms with E-state index in [1.807, 2.05) is 36.4 Å². The van der Waals surface area contributed by atoms with Crippen LogP contribution in [-0.4, -0.2) is 4.98 Å². The van der Waals surface area contributed by atoms with Crippen molar-refractivity contribution in [2.45, 2.75) is 0 Å². The van der Waals surface area contributed by atoms with E-state index in [1.165, 1.54) is 11.1 Å². The van der Waals surface area contributed by atoms with Gasteiger partial charge in [0.25, 0.3) is 0 Å². The molecule has 0 atom stereocenters. The number of para-hydroxylation sites is 2. The van der Waals surface area contributed by atoms with E-state index in [0.29, 0.717) is 5.71 Å². The lowest BCUT2D eigenvalue weighted by Crippen LogP contribution is -2.10. The molecule has 212 valence electrons. The molecule has 0 aliphatic carbocycles. The molecule has 0 aliphatic heterocycles. The van der Waals surface area contributed by atoms with Gasteiger partial charge in [-0.25, -0.2) is 4.98 Å². The Hall–Kier alpha value is -6.13. The second kappa shape index (κ2) is 10.2. The number of fused-ring (bicyclic) bond motifs is 6. The van der Waals surface area contributed by atoms with E-state index < -0.39 is 0 Å². The molecule has 6 aromatic carbocycles. The molecule has 9 aromatic rings. The van der Waals surface area contributed by atoms with Gasteiger partial charge >= 0.3 is 0 Å². The fraction of sp³-hybridized carbons (Fsp3) is 0. The number of anilines is 3. The minimum absolute atomic E-state index is 0.653. The molecule has 3 aromatic heterocycles. The number of aromatic nitrogens is 1. The minimum Gasteiger partial charge on any atom is -0.454 e. The summed E-state index contributed by atoms with van der Waals surface area (Å²) in [6.07, 6.45) is 1.77. The van der Waals surface area contributed by atoms with Gasteiger partial charge in [0.05, 0.1) is 5.69 Å². The van der Waals surface area contributed by atoms with E-state index in [1.54, 1.807) is 6.20 Å². The van der Waals surface area contributed by atoms with E-state index in [9.17, 15) is 0 Å². The first-order chi connectivity index (χ1) is 22.3. The molecule has 0 unspecified atom stereocenters. The Morgan fingerprint density at radius 1 is 0.444 bits per heavy atom. The highest BCUT2D eigenvalue weighted by molar-refractivity contribution is 6.12. The SMILES string of the molecule is c1ccc(-c2ccc(N(c3ccc(-c4cccc5oc6ncccc6c45)cc3)c3cccc4c3oc3ccccc34)cc2)cc1. The third-order valence-electron chi connectivity index (χ3n) is 8.57. The van der Waals surface area contributed by atoms with Gasteiger partial charge in [0.15, 0.2) is 5.58 Å². The van der Waals surface area contributed by atoms with Gasteiger partial charge in [-0.05, 0) is 76.9 Å². The Balaban J connectivity index is 1.20. The standard InChI is InChI=1S/C41H26N2O2/c1-2-9-27(10-3-1)28-18-22-30(23-19-28)43(36-15-6-13-34-33-11-4-5-16-37(33)44-40(34)36)31-24-20-29(21-25-31)32-12-7-17-38-39(32)35-14-8-26-42-41(35)45-38/h1-26H. The van der Waals surface area contributed by atoms with Crippen LogP contribution in [0.5, 0.6) is 0 Å². The molecule has 0 bridgehead atoms. The molecule has 0 spiro atoms. The molecule has 3 heterocycles. The number of hydrogen-bond donors (Lipinski definition) is 0. The molecule has 45 heavy (non-hydrogen) atoms. The molecule has 0 N–H and O–H groups in total. The first-order valence-corrected chi connectivity index (χ1v) is 15.0. The molecule has 0 fully saturated rings. The number of pyridine rings is 1. The van der Waals surface area contributed by atoms with Crippen molar-refractivity contribution in [2.24, 2.45) is 0 Å². The summed E-state index contributed by atoms with van der Waals surface area (Å²) in [6, 6.07) is 52.8. The summed E-state index contributed by atoms with van der Waals surface area (Å²) in [5.74, 6) is 0. The van der Waals surface area contributed by atoms with Gasteiger partial charge in [0.1, 0.15) is 11.2 Å². The van der Waals surface area contributed by atoms with Gasteiger partial charge in [-0.1, -0.05) is 97.1 Å². The van der Waals surface area contributed by atoms with Crippen LogP contribution in [0.25, 0.3) is 66.3 Å². The Bertz CT molecular complexity index is 2470. The van der Waals surface area contributed by atoms with Crippen molar-refractivity contribution in [1.82, 2.24) is 4.98 Å². The summed E-state index contributed by atoms with van der Waals surface area (Å²) in [6.45, 7) is 0. The topological polar surface area (TPSA) is 42.4 Å². The first kappa shape index (κ1) is 25.4. The van der Waals surface area contributed by atoms with Crippen LogP contribution in [0, 0.1) is 0 Å². The summed E-state index contributed by atoms with van der Waals surface area (Å²) >= 11 is 0. The Morgan fingerprint density at radius 2 is 1.09 bits per heavy atom. The van der Waals surface area contributed by atoms with Crippen molar-refractivity contribution in [2.75, 3.05) is 4.90 Å². The molecule has 0 aliphatic rings. The van der Waals surface area contributed by atoms with E-state index in [-0.39, 0.29) is 0 Å². The summed E-state index contributed by atoms with van der Waals surface area (Å²) in [4.78, 5) is 6.72. The van der Waals surface area contributed by atoms with Crippen molar-refractivity contribution < 1.29 is 8.83 Å². The predicted molar refractivity (Wildman–Crippen MR) is 184 cm³/mol. The molecule has 0 saturated carbocycles. The Labute approximate surface area is 259 Å².